The van der Waals surface area contributed by atoms with Crippen LogP contribution < -0.4 is 5.14 Å². The van der Waals surface area contributed by atoms with Gasteiger partial charge in [-0.15, -0.1) is 11.6 Å². The Morgan fingerprint density at radius 3 is 2.42 bits per heavy atom. The zero-order chi connectivity index (χ0) is 9.61. The summed E-state index contributed by atoms with van der Waals surface area (Å²) in [6.07, 6.45) is 3.45. The van der Waals surface area contributed by atoms with Crippen molar-refractivity contribution >= 4 is 21.6 Å². The Bertz CT molecular complexity index is 203. The summed E-state index contributed by atoms with van der Waals surface area (Å²) >= 11 is 5.85. The van der Waals surface area contributed by atoms with E-state index in [1.807, 2.05) is 0 Å². The Morgan fingerprint density at radius 2 is 2.00 bits per heavy atom. The molecule has 0 saturated carbocycles. The smallest absolute Gasteiger partial charge is 0.209 e. The molecule has 0 aliphatic heterocycles. The second kappa shape index (κ2) is 5.78. The molecule has 0 fully saturated rings. The highest BCUT2D eigenvalue weighted by atomic mass is 35.5. The van der Waals surface area contributed by atoms with Crippen molar-refractivity contribution in [2.45, 2.75) is 38.0 Å². The number of halogens is 1. The van der Waals surface area contributed by atoms with E-state index < -0.39 is 10.0 Å². The summed E-state index contributed by atoms with van der Waals surface area (Å²) in [5, 5.41) is 4.77. The van der Waals surface area contributed by atoms with E-state index in [0.29, 0.717) is 6.42 Å². The Balaban J connectivity index is 3.51. The Kier molecular flexibility index (Phi) is 5.88. The molecular weight excluding hydrogens is 198 g/mol. The Labute approximate surface area is 79.3 Å². The molecule has 3 nitrogen and oxygen atoms in total. The maximum absolute atomic E-state index is 10.5. The number of unbranched alkanes of at least 4 members (excludes halogenated alkanes) is 1. The van der Waals surface area contributed by atoms with Crippen LogP contribution in [0.3, 0.4) is 0 Å². The van der Waals surface area contributed by atoms with Gasteiger partial charge >= 0.3 is 0 Å². The summed E-state index contributed by atoms with van der Waals surface area (Å²) in [6, 6.07) is 0. The lowest BCUT2D eigenvalue weighted by atomic mass is 10.2. The van der Waals surface area contributed by atoms with Gasteiger partial charge in [0.25, 0.3) is 0 Å². The average Bonchev–Trinajstić information content (AvgIpc) is 1.95. The molecular formula is C7H16ClNO2S. The molecule has 5 heteroatoms. The molecule has 1 atom stereocenters. The van der Waals surface area contributed by atoms with E-state index in [4.69, 9.17) is 16.7 Å². The molecule has 12 heavy (non-hydrogen) atoms. The molecule has 0 spiro atoms. The molecule has 0 amide bonds. The zero-order valence-corrected chi connectivity index (χ0v) is 8.87. The predicted octanol–water partition coefficient (Wildman–Crippen LogP) is 1.46. The van der Waals surface area contributed by atoms with Crippen molar-refractivity contribution in [2.75, 3.05) is 5.75 Å². The molecule has 2 N–H and O–H groups in total. The normalized spacial score (nSPS) is 14.6. The lowest BCUT2D eigenvalue weighted by Crippen LogP contribution is -2.19. The molecule has 0 radical (unpaired) electrons. The number of rotatable bonds is 6. The first-order valence-corrected chi connectivity index (χ1v) is 6.25. The molecule has 0 rings (SSSR count). The SMILES string of the molecule is CCCCC(Cl)CCS(N)(=O)=O. The number of primary sulfonamides is 1. The number of sulfonamides is 1. The summed E-state index contributed by atoms with van der Waals surface area (Å²) in [5.41, 5.74) is 0. The van der Waals surface area contributed by atoms with Crippen LogP contribution in [-0.2, 0) is 10.0 Å². The average molecular weight is 214 g/mol. The largest absolute Gasteiger partial charge is 0.229 e. The van der Waals surface area contributed by atoms with Crippen LogP contribution in [0.4, 0.5) is 0 Å². The van der Waals surface area contributed by atoms with Crippen LogP contribution in [0.25, 0.3) is 0 Å². The van der Waals surface area contributed by atoms with E-state index in [2.05, 4.69) is 6.92 Å². The number of nitrogens with two attached hydrogens (primary N) is 1. The van der Waals surface area contributed by atoms with Crippen molar-refractivity contribution in [3.8, 4) is 0 Å². The van der Waals surface area contributed by atoms with Crippen LogP contribution in [0, 0.1) is 0 Å². The van der Waals surface area contributed by atoms with Gasteiger partial charge in [-0.2, -0.15) is 0 Å². The van der Waals surface area contributed by atoms with Crippen LogP contribution >= 0.6 is 11.6 Å². The van der Waals surface area contributed by atoms with E-state index in [9.17, 15) is 8.42 Å². The molecule has 0 aromatic rings. The quantitative estimate of drug-likeness (QED) is 0.680. The maximum Gasteiger partial charge on any atom is 0.209 e. The first-order valence-electron chi connectivity index (χ1n) is 4.10. The van der Waals surface area contributed by atoms with Crippen LogP contribution in [0.15, 0.2) is 0 Å². The fraction of sp³-hybridized carbons (Fsp3) is 1.00. The van der Waals surface area contributed by atoms with Gasteiger partial charge in [0.05, 0.1) is 5.75 Å². The van der Waals surface area contributed by atoms with Gasteiger partial charge in [-0.05, 0) is 12.8 Å². The van der Waals surface area contributed by atoms with Crippen molar-refractivity contribution in [3.05, 3.63) is 0 Å². The molecule has 0 heterocycles. The van der Waals surface area contributed by atoms with Gasteiger partial charge in [0, 0.05) is 5.38 Å². The third-order valence-electron chi connectivity index (χ3n) is 1.59. The van der Waals surface area contributed by atoms with Crippen molar-refractivity contribution in [2.24, 2.45) is 5.14 Å². The molecule has 0 aliphatic carbocycles. The second-order valence-corrected chi connectivity index (χ2v) is 5.25. The highest BCUT2D eigenvalue weighted by Gasteiger charge is 2.08. The van der Waals surface area contributed by atoms with Gasteiger partial charge in [0.1, 0.15) is 0 Å². The number of hydrogen-bond donors (Lipinski definition) is 1. The lowest BCUT2D eigenvalue weighted by molar-refractivity contribution is 0.589. The molecule has 1 unspecified atom stereocenters. The van der Waals surface area contributed by atoms with E-state index in [1.54, 1.807) is 0 Å². The Hall–Kier alpha value is 0.200. The first kappa shape index (κ1) is 12.2. The number of alkyl halides is 1. The number of hydrogen-bond acceptors (Lipinski definition) is 2. The molecule has 0 aromatic carbocycles. The van der Waals surface area contributed by atoms with Gasteiger partial charge in [0.15, 0.2) is 0 Å². The standard InChI is InChI=1S/C7H16ClNO2S/c1-2-3-4-7(8)5-6-12(9,10)11/h7H,2-6H2,1H3,(H2,9,10,11). The summed E-state index contributed by atoms with van der Waals surface area (Å²) in [6.45, 7) is 2.07. The third kappa shape index (κ3) is 8.30. The van der Waals surface area contributed by atoms with Crippen LogP contribution in [0.5, 0.6) is 0 Å². The monoisotopic (exact) mass is 213 g/mol. The highest BCUT2D eigenvalue weighted by Crippen LogP contribution is 2.11. The predicted molar refractivity (Wildman–Crippen MR) is 51.8 cm³/mol. The van der Waals surface area contributed by atoms with E-state index in [-0.39, 0.29) is 11.1 Å². The zero-order valence-electron chi connectivity index (χ0n) is 7.29. The van der Waals surface area contributed by atoms with E-state index >= 15 is 0 Å². The summed E-state index contributed by atoms with van der Waals surface area (Å²) in [5.74, 6) is -0.00905. The van der Waals surface area contributed by atoms with Gasteiger partial charge < -0.3 is 0 Å². The highest BCUT2D eigenvalue weighted by molar-refractivity contribution is 7.89. The Morgan fingerprint density at radius 1 is 1.42 bits per heavy atom. The first-order chi connectivity index (χ1) is 5.45. The van der Waals surface area contributed by atoms with Crippen molar-refractivity contribution in [1.29, 1.82) is 0 Å². The van der Waals surface area contributed by atoms with Gasteiger partial charge in [-0.1, -0.05) is 19.8 Å². The molecule has 0 aliphatic rings. The van der Waals surface area contributed by atoms with Crippen LogP contribution in [-0.4, -0.2) is 19.5 Å². The summed E-state index contributed by atoms with van der Waals surface area (Å²) in [7, 11) is -3.33. The van der Waals surface area contributed by atoms with Gasteiger partial charge in [0.2, 0.25) is 10.0 Å². The second-order valence-electron chi connectivity index (χ2n) is 2.90. The van der Waals surface area contributed by atoms with Gasteiger partial charge in [-0.3, -0.25) is 0 Å². The molecule has 0 bridgehead atoms. The van der Waals surface area contributed by atoms with E-state index in [0.717, 1.165) is 19.3 Å². The molecule has 0 saturated heterocycles. The summed E-state index contributed by atoms with van der Waals surface area (Å²) in [4.78, 5) is 0. The fourth-order valence-electron chi connectivity index (χ4n) is 0.862. The maximum atomic E-state index is 10.5. The lowest BCUT2D eigenvalue weighted by Gasteiger charge is -2.06. The minimum Gasteiger partial charge on any atom is -0.229 e. The molecule has 0 aromatic heterocycles. The minimum absolute atomic E-state index is 0.00905. The summed E-state index contributed by atoms with van der Waals surface area (Å²) < 4.78 is 21.1. The van der Waals surface area contributed by atoms with Crippen LogP contribution in [0.1, 0.15) is 32.6 Å². The van der Waals surface area contributed by atoms with E-state index in [1.165, 1.54) is 0 Å². The van der Waals surface area contributed by atoms with Crippen LogP contribution in [0.2, 0.25) is 0 Å². The fourth-order valence-corrected chi connectivity index (χ4v) is 1.87. The topological polar surface area (TPSA) is 60.2 Å². The van der Waals surface area contributed by atoms with Crippen molar-refractivity contribution in [3.63, 3.8) is 0 Å². The van der Waals surface area contributed by atoms with Crippen molar-refractivity contribution < 1.29 is 8.42 Å². The minimum atomic E-state index is -3.33. The van der Waals surface area contributed by atoms with Crippen molar-refractivity contribution in [1.82, 2.24) is 0 Å². The molecule has 74 valence electrons. The van der Waals surface area contributed by atoms with Gasteiger partial charge in [-0.25, -0.2) is 13.6 Å². The third-order valence-corrected chi connectivity index (χ3v) is 2.83.